The molecule has 1 atom stereocenters. The lowest BCUT2D eigenvalue weighted by Gasteiger charge is -2.15. The Balaban J connectivity index is 1.64. The fourth-order valence-electron chi connectivity index (χ4n) is 2.69. The molecule has 0 saturated heterocycles. The number of carbonyl (C=O) groups excluding carboxylic acids is 1. The SMILES string of the molecule is COc1ccc2cc(C(=O)NC(c3ccccc3)c3nn[nH]n3)sc2c1. The Labute approximate surface area is 153 Å². The summed E-state index contributed by atoms with van der Waals surface area (Å²) in [4.78, 5) is 13.4. The van der Waals surface area contributed by atoms with E-state index in [1.54, 1.807) is 7.11 Å². The van der Waals surface area contributed by atoms with Gasteiger partial charge in [-0.2, -0.15) is 5.21 Å². The van der Waals surface area contributed by atoms with Gasteiger partial charge in [0.1, 0.15) is 11.8 Å². The molecule has 0 radical (unpaired) electrons. The smallest absolute Gasteiger partial charge is 0.262 e. The minimum Gasteiger partial charge on any atom is -0.497 e. The molecule has 4 rings (SSSR count). The number of ether oxygens (including phenoxy) is 1. The lowest BCUT2D eigenvalue weighted by molar-refractivity contribution is 0.0945. The third-order valence-electron chi connectivity index (χ3n) is 3.98. The van der Waals surface area contributed by atoms with Crippen molar-refractivity contribution in [1.29, 1.82) is 0 Å². The highest BCUT2D eigenvalue weighted by molar-refractivity contribution is 7.20. The summed E-state index contributed by atoms with van der Waals surface area (Å²) in [5, 5.41) is 18.1. The fraction of sp³-hybridized carbons (Fsp3) is 0.111. The minimum atomic E-state index is -0.484. The first kappa shape index (κ1) is 16.2. The zero-order valence-electron chi connectivity index (χ0n) is 13.8. The van der Waals surface area contributed by atoms with E-state index in [9.17, 15) is 4.79 Å². The van der Waals surface area contributed by atoms with Crippen LogP contribution in [0, 0.1) is 0 Å². The Kier molecular flexibility index (Phi) is 4.32. The normalized spacial score (nSPS) is 12.0. The quantitative estimate of drug-likeness (QED) is 0.567. The Morgan fingerprint density at radius 2 is 2.04 bits per heavy atom. The van der Waals surface area contributed by atoms with Gasteiger partial charge >= 0.3 is 0 Å². The Hall–Kier alpha value is -3.26. The van der Waals surface area contributed by atoms with Gasteiger partial charge < -0.3 is 10.1 Å². The monoisotopic (exact) mass is 365 g/mol. The van der Waals surface area contributed by atoms with Crippen molar-refractivity contribution in [2.24, 2.45) is 0 Å². The number of nitrogens with one attached hydrogen (secondary N) is 2. The summed E-state index contributed by atoms with van der Waals surface area (Å²) >= 11 is 1.41. The summed E-state index contributed by atoms with van der Waals surface area (Å²) in [5.74, 6) is 0.983. The average Bonchev–Trinajstić information content (AvgIpc) is 3.35. The Bertz CT molecular complexity index is 1030. The van der Waals surface area contributed by atoms with Crippen LogP contribution in [0.1, 0.15) is 27.1 Å². The van der Waals surface area contributed by atoms with E-state index < -0.39 is 6.04 Å². The number of nitrogens with zero attached hydrogens (tertiary/aromatic N) is 3. The fourth-order valence-corrected chi connectivity index (χ4v) is 3.68. The van der Waals surface area contributed by atoms with Gasteiger partial charge in [0.15, 0.2) is 0 Å². The Morgan fingerprint density at radius 3 is 2.77 bits per heavy atom. The van der Waals surface area contributed by atoms with Crippen LogP contribution in [-0.4, -0.2) is 33.6 Å². The number of methoxy groups -OCH3 is 1. The molecule has 2 aromatic carbocycles. The molecule has 1 unspecified atom stereocenters. The molecule has 0 aliphatic heterocycles. The van der Waals surface area contributed by atoms with Crippen molar-refractivity contribution in [3.63, 3.8) is 0 Å². The number of hydrogen-bond acceptors (Lipinski definition) is 6. The van der Waals surface area contributed by atoms with Gasteiger partial charge in [-0.05, 0) is 35.2 Å². The largest absolute Gasteiger partial charge is 0.497 e. The molecule has 0 aliphatic carbocycles. The van der Waals surface area contributed by atoms with Crippen LogP contribution in [0.4, 0.5) is 0 Å². The maximum absolute atomic E-state index is 12.8. The van der Waals surface area contributed by atoms with Crippen molar-refractivity contribution in [1.82, 2.24) is 25.9 Å². The standard InChI is InChI=1S/C18H15N5O2S/c1-25-13-8-7-12-9-15(26-14(12)10-13)18(24)19-16(17-20-22-23-21-17)11-5-3-2-4-6-11/h2-10,16H,1H3,(H,19,24)(H,20,21,22,23). The van der Waals surface area contributed by atoms with Crippen molar-refractivity contribution in [3.8, 4) is 5.75 Å². The summed E-state index contributed by atoms with van der Waals surface area (Å²) in [6.07, 6.45) is 0. The van der Waals surface area contributed by atoms with Crippen molar-refractivity contribution >= 4 is 27.3 Å². The molecular weight excluding hydrogens is 350 g/mol. The molecular formula is C18H15N5O2S. The molecule has 0 fully saturated rings. The van der Waals surface area contributed by atoms with Gasteiger partial charge in [0, 0.05) is 4.70 Å². The number of rotatable bonds is 5. The summed E-state index contributed by atoms with van der Waals surface area (Å²) in [6, 6.07) is 16.7. The predicted molar refractivity (Wildman–Crippen MR) is 98.3 cm³/mol. The van der Waals surface area contributed by atoms with Gasteiger partial charge in [-0.25, -0.2) is 0 Å². The van der Waals surface area contributed by atoms with Crippen molar-refractivity contribution in [2.75, 3.05) is 7.11 Å². The van der Waals surface area contributed by atoms with Gasteiger partial charge in [-0.3, -0.25) is 4.79 Å². The van der Waals surface area contributed by atoms with Gasteiger partial charge in [0.05, 0.1) is 12.0 Å². The number of aromatic amines is 1. The van der Waals surface area contributed by atoms with E-state index in [0.29, 0.717) is 10.7 Å². The summed E-state index contributed by atoms with van der Waals surface area (Å²) < 4.78 is 6.23. The molecule has 2 N–H and O–H groups in total. The first-order valence-corrected chi connectivity index (χ1v) is 8.73. The van der Waals surface area contributed by atoms with Crippen LogP contribution in [0.3, 0.4) is 0 Å². The molecule has 130 valence electrons. The van der Waals surface area contributed by atoms with Crippen LogP contribution in [0.15, 0.2) is 54.6 Å². The third-order valence-corrected chi connectivity index (χ3v) is 5.08. The molecule has 0 bridgehead atoms. The van der Waals surface area contributed by atoms with E-state index in [0.717, 1.165) is 21.4 Å². The van der Waals surface area contributed by atoms with Crippen LogP contribution >= 0.6 is 11.3 Å². The van der Waals surface area contributed by atoms with Crippen molar-refractivity contribution < 1.29 is 9.53 Å². The second-order valence-electron chi connectivity index (χ2n) is 5.60. The molecule has 7 nitrogen and oxygen atoms in total. The second-order valence-corrected chi connectivity index (χ2v) is 6.69. The number of fused-ring (bicyclic) bond motifs is 1. The van der Waals surface area contributed by atoms with Crippen LogP contribution in [0.5, 0.6) is 5.75 Å². The van der Waals surface area contributed by atoms with Crippen LogP contribution in [-0.2, 0) is 0 Å². The predicted octanol–water partition coefficient (Wildman–Crippen LogP) is 2.94. The zero-order chi connectivity index (χ0) is 17.9. The number of benzene rings is 2. The lowest BCUT2D eigenvalue weighted by atomic mass is 10.1. The molecule has 2 heterocycles. The molecule has 0 aliphatic rings. The van der Waals surface area contributed by atoms with Crippen LogP contribution < -0.4 is 10.1 Å². The molecule has 0 saturated carbocycles. The topological polar surface area (TPSA) is 92.8 Å². The van der Waals surface area contributed by atoms with E-state index in [1.165, 1.54) is 11.3 Å². The highest BCUT2D eigenvalue weighted by Crippen LogP contribution is 2.30. The van der Waals surface area contributed by atoms with E-state index >= 15 is 0 Å². The molecule has 8 heteroatoms. The zero-order valence-corrected chi connectivity index (χ0v) is 14.7. The number of thiophene rings is 1. The molecule has 26 heavy (non-hydrogen) atoms. The first-order chi connectivity index (χ1) is 12.7. The van der Waals surface area contributed by atoms with E-state index in [-0.39, 0.29) is 5.91 Å². The number of tetrazole rings is 1. The highest BCUT2D eigenvalue weighted by Gasteiger charge is 2.22. The average molecular weight is 365 g/mol. The molecule has 1 amide bonds. The second kappa shape index (κ2) is 6.93. The summed E-state index contributed by atoms with van der Waals surface area (Å²) in [6.45, 7) is 0. The highest BCUT2D eigenvalue weighted by atomic mass is 32.1. The Morgan fingerprint density at radius 1 is 1.19 bits per heavy atom. The number of carbonyl (C=O) groups is 1. The van der Waals surface area contributed by atoms with E-state index in [1.807, 2.05) is 54.6 Å². The lowest BCUT2D eigenvalue weighted by Crippen LogP contribution is -2.29. The van der Waals surface area contributed by atoms with Crippen LogP contribution in [0.2, 0.25) is 0 Å². The van der Waals surface area contributed by atoms with E-state index in [4.69, 9.17) is 4.74 Å². The number of H-pyrrole nitrogens is 1. The van der Waals surface area contributed by atoms with Crippen LogP contribution in [0.25, 0.3) is 10.1 Å². The number of hydrogen-bond donors (Lipinski definition) is 2. The van der Waals surface area contributed by atoms with Gasteiger partial charge in [0.25, 0.3) is 5.91 Å². The van der Waals surface area contributed by atoms with Gasteiger partial charge in [-0.1, -0.05) is 35.5 Å². The summed E-state index contributed by atoms with van der Waals surface area (Å²) in [7, 11) is 1.62. The third kappa shape index (κ3) is 3.14. The summed E-state index contributed by atoms with van der Waals surface area (Å²) in [5.41, 5.74) is 0.880. The molecule has 4 aromatic rings. The number of amides is 1. The maximum Gasteiger partial charge on any atom is 0.262 e. The van der Waals surface area contributed by atoms with Gasteiger partial charge in [-0.15, -0.1) is 21.5 Å². The maximum atomic E-state index is 12.8. The van der Waals surface area contributed by atoms with Gasteiger partial charge in [0.2, 0.25) is 5.82 Å². The van der Waals surface area contributed by atoms with E-state index in [2.05, 4.69) is 25.9 Å². The van der Waals surface area contributed by atoms with Crippen molar-refractivity contribution in [3.05, 3.63) is 70.9 Å². The molecule has 0 spiro atoms. The molecule has 2 aromatic heterocycles. The number of aromatic nitrogens is 4. The minimum absolute atomic E-state index is 0.191. The van der Waals surface area contributed by atoms with Crippen molar-refractivity contribution in [2.45, 2.75) is 6.04 Å². The first-order valence-electron chi connectivity index (χ1n) is 7.91.